The van der Waals surface area contributed by atoms with Gasteiger partial charge in [-0.1, -0.05) is 24.3 Å². The maximum absolute atomic E-state index is 13.2. The van der Waals surface area contributed by atoms with E-state index in [4.69, 9.17) is 0 Å². The van der Waals surface area contributed by atoms with Gasteiger partial charge in [0, 0.05) is 18.5 Å². The summed E-state index contributed by atoms with van der Waals surface area (Å²) in [6, 6.07) is 9.54. The lowest BCUT2D eigenvalue weighted by Gasteiger charge is -2.37. The summed E-state index contributed by atoms with van der Waals surface area (Å²) >= 11 is 0. The average molecular weight is 466 g/mol. The molecule has 1 nitrogen and oxygen atoms in total. The standard InChI is InChI=1S/C20H17F6N.BrH/c21-19(22,23)13-8-12(9-14(10-13)20(24,25)26)17-11-27-7-3-6-18(27)16-5-2-1-4-15(16)17;/h1-2,4-5,8-10,17-18H,3,6-7,11H2;1H/t17-,18-;/m0./s1. The molecule has 0 N–H and O–H groups in total. The highest BCUT2D eigenvalue weighted by Gasteiger charge is 2.40. The summed E-state index contributed by atoms with van der Waals surface area (Å²) < 4.78 is 79.4. The molecule has 2 atom stereocenters. The average Bonchev–Trinajstić information content (AvgIpc) is 3.08. The Hall–Kier alpha value is -1.54. The highest BCUT2D eigenvalue weighted by Crippen LogP contribution is 2.46. The van der Waals surface area contributed by atoms with Gasteiger partial charge in [0.05, 0.1) is 11.1 Å². The molecular weight excluding hydrogens is 448 g/mol. The third-order valence-corrected chi connectivity index (χ3v) is 5.52. The first-order valence-corrected chi connectivity index (χ1v) is 8.77. The Balaban J connectivity index is 0.00000225. The zero-order chi connectivity index (χ0) is 19.4. The molecule has 28 heavy (non-hydrogen) atoms. The predicted molar refractivity (Wildman–Crippen MR) is 98.6 cm³/mol. The summed E-state index contributed by atoms with van der Waals surface area (Å²) in [5, 5.41) is 0. The Labute approximate surface area is 169 Å². The molecule has 1 saturated heterocycles. The van der Waals surface area contributed by atoms with Crippen LogP contribution in [0.3, 0.4) is 0 Å². The highest BCUT2D eigenvalue weighted by molar-refractivity contribution is 8.93. The minimum atomic E-state index is -4.83. The molecule has 0 amide bonds. The van der Waals surface area contributed by atoms with Crippen molar-refractivity contribution in [1.82, 2.24) is 4.90 Å². The summed E-state index contributed by atoms with van der Waals surface area (Å²) in [6.07, 6.45) is -7.73. The Kier molecular flexibility index (Phi) is 5.57. The summed E-state index contributed by atoms with van der Waals surface area (Å²) in [5.74, 6) is -0.515. The first kappa shape index (κ1) is 21.2. The second-order valence-corrected chi connectivity index (χ2v) is 7.17. The predicted octanol–water partition coefficient (Wildman–Crippen LogP) is 6.58. The van der Waals surface area contributed by atoms with Gasteiger partial charge in [0.15, 0.2) is 0 Å². The van der Waals surface area contributed by atoms with Crippen molar-refractivity contribution in [2.24, 2.45) is 0 Å². The summed E-state index contributed by atoms with van der Waals surface area (Å²) in [6.45, 7) is 1.24. The second kappa shape index (κ2) is 7.37. The zero-order valence-electron chi connectivity index (χ0n) is 14.6. The van der Waals surface area contributed by atoms with E-state index in [2.05, 4.69) is 4.90 Å². The van der Waals surface area contributed by atoms with Gasteiger partial charge in [-0.2, -0.15) is 26.3 Å². The third-order valence-electron chi connectivity index (χ3n) is 5.52. The molecule has 2 aromatic carbocycles. The van der Waals surface area contributed by atoms with Gasteiger partial charge in [-0.25, -0.2) is 0 Å². The van der Waals surface area contributed by atoms with Gasteiger partial charge in [0.1, 0.15) is 0 Å². The molecule has 8 heteroatoms. The van der Waals surface area contributed by atoms with E-state index in [0.29, 0.717) is 6.54 Å². The lowest BCUT2D eigenvalue weighted by molar-refractivity contribution is -0.143. The molecule has 152 valence electrons. The maximum atomic E-state index is 13.2. The van der Waals surface area contributed by atoms with Gasteiger partial charge in [0.25, 0.3) is 0 Å². The van der Waals surface area contributed by atoms with Crippen molar-refractivity contribution in [2.45, 2.75) is 37.2 Å². The molecule has 2 aliphatic rings. The Bertz CT molecular complexity index is 828. The molecule has 0 unspecified atom stereocenters. The van der Waals surface area contributed by atoms with Crippen LogP contribution in [0.1, 0.15) is 52.6 Å². The number of benzene rings is 2. The van der Waals surface area contributed by atoms with E-state index in [0.717, 1.165) is 42.6 Å². The van der Waals surface area contributed by atoms with E-state index in [9.17, 15) is 26.3 Å². The number of nitrogens with zero attached hydrogens (tertiary/aromatic N) is 1. The van der Waals surface area contributed by atoms with Crippen LogP contribution in [0.15, 0.2) is 42.5 Å². The number of alkyl halides is 6. The quantitative estimate of drug-likeness (QED) is 0.429. The van der Waals surface area contributed by atoms with Crippen molar-refractivity contribution in [1.29, 1.82) is 0 Å². The van der Waals surface area contributed by atoms with Crippen LogP contribution in [0, 0.1) is 0 Å². The molecule has 0 radical (unpaired) electrons. The van der Waals surface area contributed by atoms with Crippen LogP contribution >= 0.6 is 17.0 Å². The highest BCUT2D eigenvalue weighted by atomic mass is 79.9. The fourth-order valence-corrected chi connectivity index (χ4v) is 4.33. The van der Waals surface area contributed by atoms with Crippen molar-refractivity contribution in [3.05, 3.63) is 70.3 Å². The van der Waals surface area contributed by atoms with Crippen LogP contribution < -0.4 is 0 Å². The van der Waals surface area contributed by atoms with E-state index in [-0.39, 0.29) is 34.7 Å². The van der Waals surface area contributed by atoms with E-state index < -0.39 is 29.4 Å². The van der Waals surface area contributed by atoms with Gasteiger partial charge in [-0.05, 0) is 54.3 Å². The lowest BCUT2D eigenvalue weighted by Crippen LogP contribution is -2.34. The summed E-state index contributed by atoms with van der Waals surface area (Å²) in [4.78, 5) is 2.17. The first-order chi connectivity index (χ1) is 12.6. The molecule has 1 fully saturated rings. The lowest BCUT2D eigenvalue weighted by atomic mass is 9.81. The molecule has 2 heterocycles. The van der Waals surface area contributed by atoms with Crippen LogP contribution in [0.2, 0.25) is 0 Å². The van der Waals surface area contributed by atoms with Crippen LogP contribution in [-0.4, -0.2) is 18.0 Å². The van der Waals surface area contributed by atoms with E-state index in [1.807, 2.05) is 18.2 Å². The summed E-state index contributed by atoms with van der Waals surface area (Å²) in [7, 11) is 0. The fraction of sp³-hybridized carbons (Fsp3) is 0.400. The largest absolute Gasteiger partial charge is 0.416 e. The minimum Gasteiger partial charge on any atom is -0.295 e. The van der Waals surface area contributed by atoms with Gasteiger partial charge in [-0.15, -0.1) is 17.0 Å². The van der Waals surface area contributed by atoms with E-state index in [1.165, 1.54) is 0 Å². The molecule has 0 saturated carbocycles. The van der Waals surface area contributed by atoms with Crippen LogP contribution in [0.4, 0.5) is 26.3 Å². The van der Waals surface area contributed by atoms with E-state index >= 15 is 0 Å². The molecule has 2 aliphatic heterocycles. The minimum absolute atomic E-state index is 0. The molecule has 0 aliphatic carbocycles. The first-order valence-electron chi connectivity index (χ1n) is 8.77. The number of halogens is 7. The monoisotopic (exact) mass is 465 g/mol. The molecular formula is C20H18BrF6N. The molecule has 0 spiro atoms. The Morgan fingerprint density at radius 2 is 1.39 bits per heavy atom. The number of hydrogen-bond acceptors (Lipinski definition) is 1. The van der Waals surface area contributed by atoms with Gasteiger partial charge >= 0.3 is 12.4 Å². The molecule has 2 aromatic rings. The Morgan fingerprint density at radius 1 is 0.821 bits per heavy atom. The topological polar surface area (TPSA) is 3.24 Å². The van der Waals surface area contributed by atoms with Crippen molar-refractivity contribution >= 4 is 17.0 Å². The van der Waals surface area contributed by atoms with Crippen LogP contribution in [-0.2, 0) is 12.4 Å². The van der Waals surface area contributed by atoms with E-state index in [1.54, 1.807) is 6.07 Å². The zero-order valence-corrected chi connectivity index (χ0v) is 16.4. The third kappa shape index (κ3) is 3.81. The van der Waals surface area contributed by atoms with Gasteiger partial charge in [0.2, 0.25) is 0 Å². The van der Waals surface area contributed by atoms with Crippen LogP contribution in [0.5, 0.6) is 0 Å². The number of fused-ring (bicyclic) bond motifs is 3. The maximum Gasteiger partial charge on any atom is 0.416 e. The molecule has 0 aromatic heterocycles. The normalized spacial score (nSPS) is 22.4. The Morgan fingerprint density at radius 3 is 1.96 bits per heavy atom. The van der Waals surface area contributed by atoms with Crippen molar-refractivity contribution in [3.8, 4) is 0 Å². The van der Waals surface area contributed by atoms with Crippen molar-refractivity contribution in [2.75, 3.05) is 13.1 Å². The molecule has 0 bridgehead atoms. The number of rotatable bonds is 1. The smallest absolute Gasteiger partial charge is 0.295 e. The summed E-state index contributed by atoms with van der Waals surface area (Å²) in [5.41, 5.74) is -0.609. The second-order valence-electron chi connectivity index (χ2n) is 7.17. The van der Waals surface area contributed by atoms with Crippen LogP contribution in [0.25, 0.3) is 0 Å². The van der Waals surface area contributed by atoms with Gasteiger partial charge < -0.3 is 0 Å². The fourth-order valence-electron chi connectivity index (χ4n) is 4.33. The van der Waals surface area contributed by atoms with Crippen molar-refractivity contribution in [3.63, 3.8) is 0 Å². The molecule has 4 rings (SSSR count). The number of hydrogen-bond donors (Lipinski definition) is 0. The van der Waals surface area contributed by atoms with Gasteiger partial charge in [-0.3, -0.25) is 4.90 Å². The van der Waals surface area contributed by atoms with Crippen molar-refractivity contribution < 1.29 is 26.3 Å². The SMILES string of the molecule is Br.FC(F)(F)c1cc([C@@H]2CN3CCC[C@H]3c3ccccc32)cc(C(F)(F)F)c1.